The van der Waals surface area contributed by atoms with Crippen molar-refractivity contribution >= 4 is 11.8 Å². The van der Waals surface area contributed by atoms with Crippen molar-refractivity contribution in [1.82, 2.24) is 10.2 Å². The SMILES string of the molecule is Cc1ccc(CCN2C(=O)CC[C@]2(C)C(=O)NCCC(C)C)cc1. The van der Waals surface area contributed by atoms with Crippen LogP contribution in [0.1, 0.15) is 51.2 Å². The first-order valence-electron chi connectivity index (χ1n) is 8.97. The maximum absolute atomic E-state index is 12.7. The van der Waals surface area contributed by atoms with Gasteiger partial charge in [-0.25, -0.2) is 0 Å². The Bertz CT molecular complexity index is 580. The third-order valence-electron chi connectivity index (χ3n) is 4.96. The monoisotopic (exact) mass is 330 g/mol. The molecule has 1 N–H and O–H groups in total. The summed E-state index contributed by atoms with van der Waals surface area (Å²) in [7, 11) is 0. The number of likely N-dealkylation sites (tertiary alicyclic amines) is 1. The Morgan fingerprint density at radius 2 is 1.96 bits per heavy atom. The van der Waals surface area contributed by atoms with Crippen molar-refractivity contribution < 1.29 is 9.59 Å². The van der Waals surface area contributed by atoms with Crippen LogP contribution in [0.2, 0.25) is 0 Å². The Labute approximate surface area is 145 Å². The standard InChI is InChI=1S/C20H30N2O2/c1-15(2)10-13-21-19(24)20(4)12-9-18(23)22(20)14-11-17-7-5-16(3)6-8-17/h5-8,15H,9-14H2,1-4H3,(H,21,24)/t20-/m1/s1. The molecule has 0 saturated carbocycles. The number of hydrogen-bond acceptors (Lipinski definition) is 2. The molecule has 0 radical (unpaired) electrons. The molecule has 0 aliphatic carbocycles. The minimum absolute atomic E-state index is 0.0158. The molecule has 132 valence electrons. The van der Waals surface area contributed by atoms with Gasteiger partial charge in [0.1, 0.15) is 5.54 Å². The maximum atomic E-state index is 12.7. The molecule has 0 bridgehead atoms. The quantitative estimate of drug-likeness (QED) is 0.835. The Kier molecular flexibility index (Phi) is 6.03. The van der Waals surface area contributed by atoms with Crippen LogP contribution in [0.3, 0.4) is 0 Å². The normalized spacial score (nSPS) is 20.7. The van der Waals surface area contributed by atoms with Crippen LogP contribution in [-0.2, 0) is 16.0 Å². The fourth-order valence-corrected chi connectivity index (χ4v) is 3.16. The molecule has 4 heteroatoms. The molecular weight excluding hydrogens is 300 g/mol. The summed E-state index contributed by atoms with van der Waals surface area (Å²) in [6.45, 7) is 9.51. The van der Waals surface area contributed by atoms with Crippen molar-refractivity contribution in [3.05, 3.63) is 35.4 Å². The van der Waals surface area contributed by atoms with Gasteiger partial charge in [-0.05, 0) is 44.6 Å². The van der Waals surface area contributed by atoms with Crippen LogP contribution in [0.15, 0.2) is 24.3 Å². The van der Waals surface area contributed by atoms with Gasteiger partial charge in [0.25, 0.3) is 0 Å². The van der Waals surface area contributed by atoms with E-state index in [1.807, 2.05) is 6.92 Å². The van der Waals surface area contributed by atoms with Gasteiger partial charge in [-0.2, -0.15) is 0 Å². The molecule has 2 rings (SSSR count). The highest BCUT2D eigenvalue weighted by molar-refractivity contribution is 5.94. The summed E-state index contributed by atoms with van der Waals surface area (Å²) in [5.74, 6) is 0.627. The van der Waals surface area contributed by atoms with E-state index in [1.165, 1.54) is 11.1 Å². The summed E-state index contributed by atoms with van der Waals surface area (Å²) in [5, 5.41) is 3.02. The molecule has 1 heterocycles. The molecule has 24 heavy (non-hydrogen) atoms. The minimum Gasteiger partial charge on any atom is -0.354 e. The second kappa shape index (κ2) is 7.82. The Balaban J connectivity index is 1.98. The van der Waals surface area contributed by atoms with Crippen molar-refractivity contribution in [2.45, 2.75) is 58.9 Å². The number of nitrogens with zero attached hydrogens (tertiary/aromatic N) is 1. The predicted octanol–water partition coefficient (Wildman–Crippen LogP) is 3.08. The Morgan fingerprint density at radius 3 is 2.58 bits per heavy atom. The highest BCUT2D eigenvalue weighted by Crippen LogP contribution is 2.30. The largest absolute Gasteiger partial charge is 0.354 e. The Hall–Kier alpha value is -1.84. The molecule has 1 fully saturated rings. The molecule has 1 aliphatic rings. The first-order valence-corrected chi connectivity index (χ1v) is 8.97. The molecular formula is C20H30N2O2. The van der Waals surface area contributed by atoms with E-state index in [4.69, 9.17) is 0 Å². The smallest absolute Gasteiger partial charge is 0.245 e. The van der Waals surface area contributed by atoms with Crippen LogP contribution >= 0.6 is 0 Å². The summed E-state index contributed by atoms with van der Waals surface area (Å²) < 4.78 is 0. The average molecular weight is 330 g/mol. The lowest BCUT2D eigenvalue weighted by Gasteiger charge is -2.34. The molecule has 0 spiro atoms. The van der Waals surface area contributed by atoms with Crippen LogP contribution in [0, 0.1) is 12.8 Å². The first kappa shape index (κ1) is 18.5. The summed E-state index contributed by atoms with van der Waals surface area (Å²) in [6.07, 6.45) is 2.80. The van der Waals surface area contributed by atoms with Gasteiger partial charge in [-0.15, -0.1) is 0 Å². The van der Waals surface area contributed by atoms with E-state index in [1.54, 1.807) is 4.90 Å². The van der Waals surface area contributed by atoms with Crippen LogP contribution in [-0.4, -0.2) is 35.3 Å². The number of carbonyl (C=O) groups excluding carboxylic acids is 2. The van der Waals surface area contributed by atoms with E-state index in [-0.39, 0.29) is 11.8 Å². The average Bonchev–Trinajstić information content (AvgIpc) is 2.83. The lowest BCUT2D eigenvalue weighted by atomic mass is 9.96. The second-order valence-electron chi connectivity index (χ2n) is 7.49. The number of hydrogen-bond donors (Lipinski definition) is 1. The lowest BCUT2D eigenvalue weighted by molar-refractivity contribution is -0.140. The summed E-state index contributed by atoms with van der Waals surface area (Å²) >= 11 is 0. The molecule has 1 aromatic rings. The predicted molar refractivity (Wildman–Crippen MR) is 96.7 cm³/mol. The fraction of sp³-hybridized carbons (Fsp3) is 0.600. The van der Waals surface area contributed by atoms with Crippen molar-refractivity contribution in [3.63, 3.8) is 0 Å². The number of benzene rings is 1. The van der Waals surface area contributed by atoms with Crippen molar-refractivity contribution in [1.29, 1.82) is 0 Å². The van der Waals surface area contributed by atoms with Gasteiger partial charge in [-0.1, -0.05) is 43.7 Å². The summed E-state index contributed by atoms with van der Waals surface area (Å²) in [5.41, 5.74) is 1.71. The molecule has 2 amide bonds. The van der Waals surface area contributed by atoms with Gasteiger partial charge in [0.2, 0.25) is 11.8 Å². The molecule has 0 unspecified atom stereocenters. The highest BCUT2D eigenvalue weighted by Gasteiger charge is 2.46. The van der Waals surface area contributed by atoms with E-state index in [2.05, 4.69) is 50.4 Å². The van der Waals surface area contributed by atoms with Crippen molar-refractivity contribution in [3.8, 4) is 0 Å². The van der Waals surface area contributed by atoms with Gasteiger partial charge < -0.3 is 10.2 Å². The maximum Gasteiger partial charge on any atom is 0.245 e. The zero-order valence-electron chi connectivity index (χ0n) is 15.4. The zero-order valence-corrected chi connectivity index (χ0v) is 15.4. The van der Waals surface area contributed by atoms with Crippen LogP contribution in [0.5, 0.6) is 0 Å². The molecule has 4 nitrogen and oxygen atoms in total. The fourth-order valence-electron chi connectivity index (χ4n) is 3.16. The number of amides is 2. The lowest BCUT2D eigenvalue weighted by Crippen LogP contribution is -2.55. The molecule has 0 aromatic heterocycles. The van der Waals surface area contributed by atoms with Crippen LogP contribution < -0.4 is 5.32 Å². The first-order chi connectivity index (χ1) is 11.3. The molecule has 1 saturated heterocycles. The van der Waals surface area contributed by atoms with Gasteiger partial charge in [0.05, 0.1) is 0 Å². The number of carbonyl (C=O) groups is 2. The van der Waals surface area contributed by atoms with E-state index >= 15 is 0 Å². The number of rotatable bonds is 7. The third kappa shape index (κ3) is 4.37. The summed E-state index contributed by atoms with van der Waals surface area (Å²) in [4.78, 5) is 26.7. The van der Waals surface area contributed by atoms with E-state index in [0.29, 0.717) is 31.8 Å². The molecule has 1 atom stereocenters. The van der Waals surface area contributed by atoms with Crippen molar-refractivity contribution in [2.75, 3.05) is 13.1 Å². The topological polar surface area (TPSA) is 49.4 Å². The van der Waals surface area contributed by atoms with Gasteiger partial charge in [0, 0.05) is 19.5 Å². The van der Waals surface area contributed by atoms with Gasteiger partial charge in [0.15, 0.2) is 0 Å². The number of aryl methyl sites for hydroxylation is 1. The van der Waals surface area contributed by atoms with Crippen LogP contribution in [0.4, 0.5) is 0 Å². The van der Waals surface area contributed by atoms with E-state index < -0.39 is 5.54 Å². The van der Waals surface area contributed by atoms with Gasteiger partial charge in [-0.3, -0.25) is 9.59 Å². The zero-order chi connectivity index (χ0) is 17.7. The second-order valence-corrected chi connectivity index (χ2v) is 7.49. The molecule has 1 aliphatic heterocycles. The number of nitrogens with one attached hydrogen (secondary N) is 1. The van der Waals surface area contributed by atoms with E-state index in [9.17, 15) is 9.59 Å². The molecule has 1 aromatic carbocycles. The Morgan fingerprint density at radius 1 is 1.29 bits per heavy atom. The van der Waals surface area contributed by atoms with Crippen molar-refractivity contribution in [2.24, 2.45) is 5.92 Å². The summed E-state index contributed by atoms with van der Waals surface area (Å²) in [6, 6.07) is 8.35. The highest BCUT2D eigenvalue weighted by atomic mass is 16.2. The third-order valence-corrected chi connectivity index (χ3v) is 4.96. The van der Waals surface area contributed by atoms with Gasteiger partial charge >= 0.3 is 0 Å². The van der Waals surface area contributed by atoms with E-state index in [0.717, 1.165) is 12.8 Å². The van der Waals surface area contributed by atoms with Crippen LogP contribution in [0.25, 0.3) is 0 Å². The minimum atomic E-state index is -0.710.